The van der Waals surface area contributed by atoms with Crippen molar-refractivity contribution in [3.05, 3.63) is 54.1 Å². The summed E-state index contributed by atoms with van der Waals surface area (Å²) in [5.41, 5.74) is 2.04. The average Bonchev–Trinajstić information content (AvgIpc) is 2.59. The van der Waals surface area contributed by atoms with Crippen molar-refractivity contribution in [2.75, 3.05) is 29.5 Å². The van der Waals surface area contributed by atoms with Crippen molar-refractivity contribution in [3.63, 3.8) is 0 Å². The number of amides is 1. The fourth-order valence-corrected chi connectivity index (χ4v) is 3.22. The van der Waals surface area contributed by atoms with Gasteiger partial charge >= 0.3 is 0 Å². The first-order chi connectivity index (χ1) is 11.8. The topological polar surface area (TPSA) is 75.7 Å². The minimum atomic E-state index is -3.60. The van der Waals surface area contributed by atoms with Crippen LogP contribution in [0, 0.1) is 0 Å². The molecule has 0 aromatic heterocycles. The van der Waals surface area contributed by atoms with E-state index in [0.29, 0.717) is 17.1 Å². The van der Waals surface area contributed by atoms with E-state index in [1.165, 1.54) is 7.11 Å². The van der Waals surface area contributed by atoms with E-state index in [2.05, 4.69) is 5.32 Å². The van der Waals surface area contributed by atoms with Gasteiger partial charge in [-0.05, 0) is 36.2 Å². The lowest BCUT2D eigenvalue weighted by Crippen LogP contribution is -2.37. The lowest BCUT2D eigenvalue weighted by Gasteiger charge is -2.22. The Balaban J connectivity index is 2.20. The number of para-hydroxylation sites is 2. The Labute approximate surface area is 148 Å². The molecule has 7 heteroatoms. The first kappa shape index (κ1) is 18.8. The van der Waals surface area contributed by atoms with Gasteiger partial charge in [-0.25, -0.2) is 8.42 Å². The average molecular weight is 362 g/mol. The van der Waals surface area contributed by atoms with Gasteiger partial charge in [0, 0.05) is 0 Å². The van der Waals surface area contributed by atoms with Crippen LogP contribution in [0.2, 0.25) is 0 Å². The fraction of sp³-hybridized carbons (Fsp3) is 0.278. The highest BCUT2D eigenvalue weighted by Crippen LogP contribution is 2.24. The van der Waals surface area contributed by atoms with Crippen LogP contribution in [0.1, 0.15) is 12.5 Å². The molecule has 134 valence electrons. The van der Waals surface area contributed by atoms with Crippen molar-refractivity contribution in [1.29, 1.82) is 0 Å². The summed E-state index contributed by atoms with van der Waals surface area (Å²) in [5, 5.41) is 2.69. The number of sulfonamides is 1. The summed E-state index contributed by atoms with van der Waals surface area (Å²) in [6.07, 6.45) is 1.94. The van der Waals surface area contributed by atoms with E-state index in [1.54, 1.807) is 36.4 Å². The third-order valence-corrected chi connectivity index (χ3v) is 4.84. The SMILES string of the molecule is CCc1ccc(N(CC(=O)Nc2ccccc2OC)S(C)(=O)=O)cc1. The second-order valence-corrected chi connectivity index (χ2v) is 7.44. The van der Waals surface area contributed by atoms with Gasteiger partial charge in [0.05, 0.1) is 24.7 Å². The molecule has 0 radical (unpaired) electrons. The van der Waals surface area contributed by atoms with Crippen LogP contribution in [0.4, 0.5) is 11.4 Å². The highest BCUT2D eigenvalue weighted by molar-refractivity contribution is 7.92. The number of benzene rings is 2. The number of anilines is 2. The van der Waals surface area contributed by atoms with Gasteiger partial charge in [0.15, 0.2) is 0 Å². The Morgan fingerprint density at radius 2 is 1.76 bits per heavy atom. The van der Waals surface area contributed by atoms with E-state index in [0.717, 1.165) is 22.5 Å². The van der Waals surface area contributed by atoms with Gasteiger partial charge in [-0.3, -0.25) is 9.10 Å². The molecule has 2 aromatic rings. The van der Waals surface area contributed by atoms with Crippen LogP contribution in [0.15, 0.2) is 48.5 Å². The van der Waals surface area contributed by atoms with Gasteiger partial charge in [-0.1, -0.05) is 31.2 Å². The third-order valence-electron chi connectivity index (χ3n) is 3.70. The minimum absolute atomic E-state index is 0.317. The zero-order valence-electron chi connectivity index (χ0n) is 14.5. The maximum Gasteiger partial charge on any atom is 0.245 e. The largest absolute Gasteiger partial charge is 0.495 e. The fourth-order valence-electron chi connectivity index (χ4n) is 2.37. The highest BCUT2D eigenvalue weighted by atomic mass is 32.2. The lowest BCUT2D eigenvalue weighted by molar-refractivity contribution is -0.114. The molecule has 0 bridgehead atoms. The number of nitrogens with one attached hydrogen (secondary N) is 1. The van der Waals surface area contributed by atoms with Gasteiger partial charge in [0.25, 0.3) is 0 Å². The molecular weight excluding hydrogens is 340 g/mol. The quantitative estimate of drug-likeness (QED) is 0.822. The molecule has 0 aliphatic rings. The standard InChI is InChI=1S/C18H22N2O4S/c1-4-14-9-11-15(12-10-14)20(25(3,22)23)13-18(21)19-16-7-5-6-8-17(16)24-2/h5-12H,4,13H2,1-3H3,(H,19,21). The highest BCUT2D eigenvalue weighted by Gasteiger charge is 2.21. The van der Waals surface area contributed by atoms with Gasteiger partial charge in [-0.15, -0.1) is 0 Å². The summed E-state index contributed by atoms with van der Waals surface area (Å²) >= 11 is 0. The Morgan fingerprint density at radius 1 is 1.12 bits per heavy atom. The van der Waals surface area contributed by atoms with E-state index < -0.39 is 15.9 Å². The normalized spacial score (nSPS) is 11.0. The van der Waals surface area contributed by atoms with Crippen LogP contribution in [0.5, 0.6) is 5.75 Å². The molecule has 0 heterocycles. The monoisotopic (exact) mass is 362 g/mol. The van der Waals surface area contributed by atoms with E-state index in [1.807, 2.05) is 19.1 Å². The molecular formula is C18H22N2O4S. The summed E-state index contributed by atoms with van der Waals surface area (Å²) in [6, 6.07) is 14.1. The number of carbonyl (C=O) groups excluding carboxylic acids is 1. The maximum atomic E-state index is 12.4. The second-order valence-electron chi connectivity index (χ2n) is 5.54. The number of methoxy groups -OCH3 is 1. The van der Waals surface area contributed by atoms with Crippen molar-refractivity contribution in [1.82, 2.24) is 0 Å². The summed E-state index contributed by atoms with van der Waals surface area (Å²) in [4.78, 5) is 12.4. The first-order valence-corrected chi connectivity index (χ1v) is 9.69. The number of nitrogens with zero attached hydrogens (tertiary/aromatic N) is 1. The zero-order chi connectivity index (χ0) is 18.4. The summed E-state index contributed by atoms with van der Waals surface area (Å²) in [7, 11) is -2.10. The second kappa shape index (κ2) is 8.02. The lowest BCUT2D eigenvalue weighted by atomic mass is 10.1. The van der Waals surface area contributed by atoms with Gasteiger partial charge < -0.3 is 10.1 Å². The third kappa shape index (κ3) is 4.96. The number of ether oxygens (including phenoxy) is 1. The Hall–Kier alpha value is -2.54. The molecule has 0 atom stereocenters. The van der Waals surface area contributed by atoms with Gasteiger partial charge in [-0.2, -0.15) is 0 Å². The number of aryl methyl sites for hydroxylation is 1. The number of carbonyl (C=O) groups is 1. The van der Waals surface area contributed by atoms with Gasteiger partial charge in [0.1, 0.15) is 12.3 Å². The molecule has 6 nitrogen and oxygen atoms in total. The van der Waals surface area contributed by atoms with E-state index in [4.69, 9.17) is 4.74 Å². The minimum Gasteiger partial charge on any atom is -0.495 e. The van der Waals surface area contributed by atoms with Crippen LogP contribution in [0.3, 0.4) is 0 Å². The van der Waals surface area contributed by atoms with Crippen molar-refractivity contribution >= 4 is 27.3 Å². The predicted octanol–water partition coefficient (Wildman–Crippen LogP) is 2.66. The van der Waals surface area contributed by atoms with E-state index >= 15 is 0 Å². The number of rotatable bonds is 7. The molecule has 0 aliphatic carbocycles. The molecule has 0 aliphatic heterocycles. The first-order valence-electron chi connectivity index (χ1n) is 7.84. The van der Waals surface area contributed by atoms with Crippen LogP contribution < -0.4 is 14.4 Å². The summed E-state index contributed by atoms with van der Waals surface area (Å²) in [5.74, 6) is 0.0588. The van der Waals surface area contributed by atoms with Gasteiger partial charge in [0.2, 0.25) is 15.9 Å². The summed E-state index contributed by atoms with van der Waals surface area (Å²) < 4.78 is 30.5. The smallest absolute Gasteiger partial charge is 0.245 e. The van der Waals surface area contributed by atoms with Crippen LogP contribution in [-0.2, 0) is 21.2 Å². The molecule has 0 spiro atoms. The van der Waals surface area contributed by atoms with Crippen molar-refractivity contribution in [2.24, 2.45) is 0 Å². The van der Waals surface area contributed by atoms with Crippen molar-refractivity contribution in [2.45, 2.75) is 13.3 Å². The molecule has 1 amide bonds. The number of hydrogen-bond donors (Lipinski definition) is 1. The van der Waals surface area contributed by atoms with Crippen molar-refractivity contribution in [3.8, 4) is 5.75 Å². The number of hydrogen-bond acceptors (Lipinski definition) is 4. The molecule has 0 saturated carbocycles. The van der Waals surface area contributed by atoms with E-state index in [9.17, 15) is 13.2 Å². The van der Waals surface area contributed by atoms with Crippen LogP contribution >= 0.6 is 0 Å². The molecule has 0 fully saturated rings. The zero-order valence-corrected chi connectivity index (χ0v) is 15.3. The Morgan fingerprint density at radius 3 is 2.32 bits per heavy atom. The maximum absolute atomic E-state index is 12.4. The Bertz CT molecular complexity index is 832. The molecule has 1 N–H and O–H groups in total. The van der Waals surface area contributed by atoms with Crippen LogP contribution in [-0.4, -0.2) is 34.2 Å². The molecule has 0 unspecified atom stereocenters. The predicted molar refractivity (Wildman–Crippen MR) is 99.6 cm³/mol. The summed E-state index contributed by atoms with van der Waals surface area (Å²) in [6.45, 7) is 1.70. The molecule has 2 rings (SSSR count). The Kier molecular flexibility index (Phi) is 6.03. The molecule has 2 aromatic carbocycles. The molecule has 25 heavy (non-hydrogen) atoms. The van der Waals surface area contributed by atoms with Crippen LogP contribution in [0.25, 0.3) is 0 Å². The van der Waals surface area contributed by atoms with E-state index in [-0.39, 0.29) is 6.54 Å². The molecule has 0 saturated heterocycles. The van der Waals surface area contributed by atoms with Crippen molar-refractivity contribution < 1.29 is 17.9 Å².